The Labute approximate surface area is 206 Å². The number of aliphatic carboxylic acids is 1. The highest BCUT2D eigenvalue weighted by Crippen LogP contribution is 2.21. The fourth-order valence-electron chi connectivity index (χ4n) is 3.68. The average Bonchev–Trinajstić information content (AvgIpc) is 2.85. The minimum atomic E-state index is -3.65. The molecule has 8 heteroatoms. The summed E-state index contributed by atoms with van der Waals surface area (Å²) in [5.41, 5.74) is 2.27. The van der Waals surface area contributed by atoms with Crippen molar-refractivity contribution in [2.45, 2.75) is 49.5 Å². The summed E-state index contributed by atoms with van der Waals surface area (Å²) in [5, 5.41) is 19.3. The van der Waals surface area contributed by atoms with Gasteiger partial charge in [-0.1, -0.05) is 48.5 Å². The van der Waals surface area contributed by atoms with E-state index in [4.69, 9.17) is 9.84 Å². The number of anilines is 1. The topological polar surface area (TPSA) is 113 Å². The molecular weight excluding hydrogens is 466 g/mol. The van der Waals surface area contributed by atoms with E-state index in [-0.39, 0.29) is 11.3 Å². The van der Waals surface area contributed by atoms with Crippen LogP contribution < -0.4 is 9.46 Å². The molecule has 0 saturated carbocycles. The molecule has 0 fully saturated rings. The van der Waals surface area contributed by atoms with Crippen LogP contribution in [0.2, 0.25) is 0 Å². The van der Waals surface area contributed by atoms with E-state index in [1.54, 1.807) is 48.5 Å². The Morgan fingerprint density at radius 3 is 2.43 bits per heavy atom. The fraction of sp³-hybridized carbons (Fsp3) is 0.296. The van der Waals surface area contributed by atoms with Crippen molar-refractivity contribution < 1.29 is 28.2 Å². The number of sulfonamides is 1. The van der Waals surface area contributed by atoms with E-state index in [9.17, 15) is 18.3 Å². The zero-order valence-electron chi connectivity index (χ0n) is 19.5. The van der Waals surface area contributed by atoms with Crippen molar-refractivity contribution in [1.29, 1.82) is 0 Å². The number of carboxylic acid groups (broad SMARTS) is 1. The number of benzene rings is 3. The highest BCUT2D eigenvalue weighted by Gasteiger charge is 2.14. The van der Waals surface area contributed by atoms with Crippen LogP contribution in [0.5, 0.6) is 5.75 Å². The fourth-order valence-corrected chi connectivity index (χ4v) is 4.75. The van der Waals surface area contributed by atoms with E-state index in [1.165, 1.54) is 0 Å². The van der Waals surface area contributed by atoms with Gasteiger partial charge in [0.25, 0.3) is 10.0 Å². The van der Waals surface area contributed by atoms with Gasteiger partial charge in [-0.15, -0.1) is 0 Å². The summed E-state index contributed by atoms with van der Waals surface area (Å²) in [4.78, 5) is 11.0. The Hall–Kier alpha value is -3.36. The van der Waals surface area contributed by atoms with Crippen molar-refractivity contribution in [1.82, 2.24) is 0 Å². The molecule has 0 heterocycles. The summed E-state index contributed by atoms with van der Waals surface area (Å²) in [6.07, 6.45) is 2.34. The standard InChI is InChI=1S/C27H31NO6S/c29-24(11-7-19-34-26-14-5-4-9-22(26)16-18-27(30)31)17-15-21-8-6-10-23(20-21)28-35(32,33)25-12-2-1-3-13-25/h1-6,8-10,12-14,20,24,28-29H,7,11,15-19H2,(H,30,31). The van der Waals surface area contributed by atoms with E-state index in [2.05, 4.69) is 4.72 Å². The van der Waals surface area contributed by atoms with Gasteiger partial charge in [-0.2, -0.15) is 0 Å². The smallest absolute Gasteiger partial charge is 0.303 e. The molecule has 1 atom stereocenters. The van der Waals surface area contributed by atoms with E-state index >= 15 is 0 Å². The number of aliphatic hydroxyl groups excluding tert-OH is 1. The molecular formula is C27H31NO6S. The normalized spacial score (nSPS) is 12.1. The van der Waals surface area contributed by atoms with Gasteiger partial charge >= 0.3 is 5.97 Å². The van der Waals surface area contributed by atoms with Gasteiger partial charge in [0.15, 0.2) is 0 Å². The maximum atomic E-state index is 12.5. The van der Waals surface area contributed by atoms with Crippen LogP contribution in [0.25, 0.3) is 0 Å². The molecule has 0 aliphatic heterocycles. The molecule has 0 aromatic heterocycles. The van der Waals surface area contributed by atoms with Crippen molar-refractivity contribution in [2.75, 3.05) is 11.3 Å². The van der Waals surface area contributed by atoms with Crippen LogP contribution in [0.1, 0.15) is 36.8 Å². The summed E-state index contributed by atoms with van der Waals surface area (Å²) in [6.45, 7) is 0.428. The largest absolute Gasteiger partial charge is 0.493 e. The molecule has 0 aliphatic carbocycles. The first kappa shape index (κ1) is 26.2. The predicted octanol–water partition coefficient (Wildman–Crippen LogP) is 4.66. The number of aliphatic hydroxyl groups is 1. The third-order valence-corrected chi connectivity index (χ3v) is 6.92. The van der Waals surface area contributed by atoms with E-state index in [1.807, 2.05) is 30.3 Å². The predicted molar refractivity (Wildman–Crippen MR) is 135 cm³/mol. The molecule has 0 radical (unpaired) electrons. The molecule has 3 rings (SSSR count). The van der Waals surface area contributed by atoms with Crippen molar-refractivity contribution >= 4 is 21.7 Å². The lowest BCUT2D eigenvalue weighted by molar-refractivity contribution is -0.136. The number of carbonyl (C=O) groups is 1. The molecule has 0 saturated heterocycles. The van der Waals surface area contributed by atoms with Gasteiger partial charge in [-0.25, -0.2) is 8.42 Å². The van der Waals surface area contributed by atoms with Crippen LogP contribution in [0, 0.1) is 0 Å². The molecule has 3 aromatic carbocycles. The summed E-state index contributed by atoms with van der Waals surface area (Å²) in [6, 6.07) is 22.8. The lowest BCUT2D eigenvalue weighted by Crippen LogP contribution is -2.13. The maximum Gasteiger partial charge on any atom is 0.303 e. The van der Waals surface area contributed by atoms with E-state index in [0.717, 1.165) is 11.1 Å². The van der Waals surface area contributed by atoms with Crippen LogP contribution in [0.15, 0.2) is 83.8 Å². The summed E-state index contributed by atoms with van der Waals surface area (Å²) >= 11 is 0. The number of ether oxygens (including phenoxy) is 1. The van der Waals surface area contributed by atoms with Crippen LogP contribution in [0.4, 0.5) is 5.69 Å². The van der Waals surface area contributed by atoms with Gasteiger partial charge < -0.3 is 14.9 Å². The lowest BCUT2D eigenvalue weighted by atomic mass is 10.0. The number of carboxylic acids is 1. The molecule has 1 unspecified atom stereocenters. The molecule has 3 aromatic rings. The lowest BCUT2D eigenvalue weighted by Gasteiger charge is -2.14. The van der Waals surface area contributed by atoms with Gasteiger partial charge in [-0.05, 0) is 73.6 Å². The third-order valence-electron chi connectivity index (χ3n) is 5.52. The molecule has 186 valence electrons. The number of hydrogen-bond donors (Lipinski definition) is 3. The monoisotopic (exact) mass is 497 g/mol. The number of rotatable bonds is 14. The Morgan fingerprint density at radius 1 is 0.914 bits per heavy atom. The first-order valence-electron chi connectivity index (χ1n) is 11.6. The maximum absolute atomic E-state index is 12.5. The Morgan fingerprint density at radius 2 is 1.66 bits per heavy atom. The van der Waals surface area contributed by atoms with Gasteiger partial charge in [0, 0.05) is 12.1 Å². The van der Waals surface area contributed by atoms with Crippen LogP contribution in [-0.2, 0) is 27.7 Å². The van der Waals surface area contributed by atoms with E-state index < -0.39 is 22.1 Å². The van der Waals surface area contributed by atoms with Gasteiger partial charge in [0.2, 0.25) is 0 Å². The molecule has 0 bridgehead atoms. The number of hydrogen-bond acceptors (Lipinski definition) is 5. The van der Waals surface area contributed by atoms with Crippen LogP contribution >= 0.6 is 0 Å². The van der Waals surface area contributed by atoms with Crippen molar-refractivity contribution in [3.63, 3.8) is 0 Å². The highest BCUT2D eigenvalue weighted by atomic mass is 32.2. The summed E-state index contributed by atoms with van der Waals surface area (Å²) < 4.78 is 33.5. The Balaban J connectivity index is 1.43. The van der Waals surface area contributed by atoms with Crippen molar-refractivity contribution in [3.05, 3.63) is 90.0 Å². The molecule has 0 aliphatic rings. The molecule has 7 nitrogen and oxygen atoms in total. The summed E-state index contributed by atoms with van der Waals surface area (Å²) in [5.74, 6) is -0.167. The summed E-state index contributed by atoms with van der Waals surface area (Å²) in [7, 11) is -3.65. The SMILES string of the molecule is O=C(O)CCc1ccccc1OCCCC(O)CCc1cccc(NS(=O)(=O)c2ccccc2)c1. The first-order chi connectivity index (χ1) is 16.8. The first-order valence-corrected chi connectivity index (χ1v) is 13.1. The molecule has 0 spiro atoms. The number of nitrogens with one attached hydrogen (secondary N) is 1. The van der Waals surface area contributed by atoms with Crippen LogP contribution in [-0.4, -0.2) is 37.3 Å². The molecule has 0 amide bonds. The minimum Gasteiger partial charge on any atom is -0.493 e. The minimum absolute atomic E-state index is 0.0496. The van der Waals surface area contributed by atoms with E-state index in [0.29, 0.717) is 50.1 Å². The number of aryl methyl sites for hydroxylation is 2. The van der Waals surface area contributed by atoms with Crippen molar-refractivity contribution in [3.8, 4) is 5.75 Å². The third kappa shape index (κ3) is 8.73. The average molecular weight is 498 g/mol. The molecule has 35 heavy (non-hydrogen) atoms. The Bertz CT molecular complexity index is 1200. The zero-order chi connectivity index (χ0) is 25.1. The van der Waals surface area contributed by atoms with Gasteiger partial charge in [0.05, 0.1) is 17.6 Å². The zero-order valence-corrected chi connectivity index (χ0v) is 20.3. The van der Waals surface area contributed by atoms with Crippen LogP contribution in [0.3, 0.4) is 0 Å². The molecule has 3 N–H and O–H groups in total. The second-order valence-corrected chi connectivity index (χ2v) is 9.99. The quantitative estimate of drug-likeness (QED) is 0.279. The van der Waals surface area contributed by atoms with Crippen molar-refractivity contribution in [2.24, 2.45) is 0 Å². The second kappa shape index (κ2) is 12.9. The second-order valence-electron chi connectivity index (χ2n) is 8.30. The number of para-hydroxylation sites is 1. The van der Waals surface area contributed by atoms with Gasteiger partial charge in [0.1, 0.15) is 5.75 Å². The Kier molecular flexibility index (Phi) is 9.69. The highest BCUT2D eigenvalue weighted by molar-refractivity contribution is 7.92. The van der Waals surface area contributed by atoms with Gasteiger partial charge in [-0.3, -0.25) is 9.52 Å².